The van der Waals surface area contributed by atoms with Crippen LogP contribution in [0, 0.1) is 0 Å². The van der Waals surface area contributed by atoms with Gasteiger partial charge in [-0.3, -0.25) is 0 Å². The van der Waals surface area contributed by atoms with Crippen LogP contribution in [0.3, 0.4) is 0 Å². The number of halogens is 19. The van der Waals surface area contributed by atoms with Crippen LogP contribution in [0.4, 0.5) is 74.6 Å². The van der Waals surface area contributed by atoms with Crippen LogP contribution in [-0.2, 0) is 0 Å². The summed E-state index contributed by atoms with van der Waals surface area (Å²) in [7, 11) is 0. The molecule has 0 fully saturated rings. The third kappa shape index (κ3) is 3.75. The molecule has 1 unspecified atom stereocenters. The molecule has 0 bridgehead atoms. The lowest BCUT2D eigenvalue weighted by atomic mass is 9.88. The van der Waals surface area contributed by atoms with Crippen LogP contribution < -0.4 is 0 Å². The van der Waals surface area contributed by atoms with Crippen molar-refractivity contribution < 1.29 is 74.6 Å². The molecule has 0 aromatic heterocycles. The van der Waals surface area contributed by atoms with E-state index in [1.165, 1.54) is 0 Å². The molecule has 0 rings (SSSR count). The molecule has 0 saturated heterocycles. The molecule has 0 spiro atoms. The highest BCUT2D eigenvalue weighted by Crippen LogP contribution is 2.65. The molecule has 0 heterocycles. The van der Waals surface area contributed by atoms with E-state index >= 15 is 0 Å². The molecule has 31 heavy (non-hydrogen) atoms. The zero-order valence-corrected chi connectivity index (χ0v) is 16.8. The molecule has 1 atom stereocenters. The lowest BCUT2D eigenvalue weighted by molar-refractivity contribution is -0.451. The molecule has 188 valence electrons. The third-order valence-corrected chi connectivity index (χ3v) is 6.68. The molecule has 0 aliphatic rings. The van der Waals surface area contributed by atoms with Crippen molar-refractivity contribution in [1.82, 2.24) is 0 Å². The van der Waals surface area contributed by atoms with Gasteiger partial charge in [0.25, 0.3) is 0 Å². The molecule has 0 radical (unpaired) electrons. The topological polar surface area (TPSA) is 0 Å². The first-order valence-electron chi connectivity index (χ1n) is 6.99. The summed E-state index contributed by atoms with van der Waals surface area (Å²) in [4.78, 5) is 0. The second-order valence-electron chi connectivity index (χ2n) is 6.15. The second kappa shape index (κ2) is 7.56. The number of hydrogen-bond donors (Lipinski definition) is 0. The van der Waals surface area contributed by atoms with E-state index in [-0.39, 0.29) is 6.55 Å². The highest BCUT2D eigenvalue weighted by Gasteiger charge is 2.96. The Morgan fingerprint density at radius 3 is 0.968 bits per heavy atom. The van der Waals surface area contributed by atoms with Crippen molar-refractivity contribution >= 4 is 28.9 Å². The molecular formula is C11H7Cl2F17Si. The minimum atomic E-state index is -8.60. The summed E-state index contributed by atoms with van der Waals surface area (Å²) in [5.74, 6) is -56.6. The minimum absolute atomic E-state index is 0.317. The maximum atomic E-state index is 13.5. The van der Waals surface area contributed by atoms with Gasteiger partial charge in [0.05, 0.1) is 0 Å². The van der Waals surface area contributed by atoms with E-state index in [2.05, 4.69) is 22.2 Å². The molecule has 0 aromatic carbocycles. The number of rotatable bonds is 9. The predicted octanol–water partition coefficient (Wildman–Crippen LogP) is 7.52. The number of hydrogen-bond acceptors (Lipinski definition) is 0. The molecule has 0 aliphatic carbocycles. The van der Waals surface area contributed by atoms with Gasteiger partial charge in [-0.25, -0.2) is 13.2 Å². The highest BCUT2D eigenvalue weighted by molar-refractivity contribution is 7.46. The van der Waals surface area contributed by atoms with Crippen molar-refractivity contribution in [2.24, 2.45) is 0 Å². The van der Waals surface area contributed by atoms with Gasteiger partial charge in [0.2, 0.25) is 0 Å². The van der Waals surface area contributed by atoms with Gasteiger partial charge in [0.15, 0.2) is 6.17 Å². The largest absolute Gasteiger partial charge is 0.385 e. The molecule has 0 nitrogen and oxygen atoms in total. The van der Waals surface area contributed by atoms with E-state index < -0.39 is 66.8 Å². The van der Waals surface area contributed by atoms with Crippen molar-refractivity contribution in [3.05, 3.63) is 0 Å². The summed E-state index contributed by atoms with van der Waals surface area (Å²) in [5.41, 5.74) is -6.69. The van der Waals surface area contributed by atoms with Crippen LogP contribution in [0.5, 0.6) is 0 Å². The van der Waals surface area contributed by atoms with Crippen molar-refractivity contribution in [3.8, 4) is 0 Å². The average molecular weight is 561 g/mol. The molecular weight excluding hydrogens is 554 g/mol. The molecule has 0 aliphatic heterocycles. The summed E-state index contributed by atoms with van der Waals surface area (Å²) in [6.07, 6.45) is -4.50. The number of alkyl halides is 17. The zero-order valence-electron chi connectivity index (χ0n) is 14.3. The fourth-order valence-electron chi connectivity index (χ4n) is 1.72. The predicted molar refractivity (Wildman–Crippen MR) is 73.5 cm³/mol. The van der Waals surface area contributed by atoms with E-state index in [9.17, 15) is 74.6 Å². The molecule has 0 amide bonds. The SMILES string of the molecule is CC(F)C(F)(F)C(F)(F)C(F)(F)C(F)(F)C(F)(F)C(F)(F)C(F)(F)C(F)(F)[Si](C)(Cl)Cl. The quantitative estimate of drug-likeness (QED) is 0.155. The van der Waals surface area contributed by atoms with Gasteiger partial charge in [-0.2, -0.15) is 61.5 Å². The molecule has 0 saturated carbocycles. The van der Waals surface area contributed by atoms with Crippen molar-refractivity contribution in [3.63, 3.8) is 0 Å². The van der Waals surface area contributed by atoms with E-state index in [1.807, 2.05) is 0 Å². The van der Waals surface area contributed by atoms with Gasteiger partial charge in [-0.05, 0) is 13.5 Å². The average Bonchev–Trinajstić information content (AvgIpc) is 2.52. The second-order valence-corrected chi connectivity index (χ2v) is 13.7. The molecule has 20 heteroatoms. The lowest BCUT2D eigenvalue weighted by Gasteiger charge is -2.44. The van der Waals surface area contributed by atoms with Crippen molar-refractivity contribution in [2.75, 3.05) is 0 Å². The molecule has 0 aromatic rings. The maximum absolute atomic E-state index is 13.5. The third-order valence-electron chi connectivity index (χ3n) is 3.84. The maximum Gasteiger partial charge on any atom is 0.385 e. The van der Waals surface area contributed by atoms with Crippen LogP contribution in [-0.4, -0.2) is 59.9 Å². The monoisotopic (exact) mass is 560 g/mol. The first kappa shape index (κ1) is 30.6. The Labute approximate surface area is 171 Å². The first-order chi connectivity index (χ1) is 12.9. The van der Waals surface area contributed by atoms with Gasteiger partial charge in [0, 0.05) is 0 Å². The Morgan fingerprint density at radius 2 is 0.742 bits per heavy atom. The van der Waals surface area contributed by atoms with E-state index in [1.54, 1.807) is 0 Å². The Morgan fingerprint density at radius 1 is 0.516 bits per heavy atom. The standard InChI is InChI=1S/C11H7Cl2F17Si/c1-3(14)4(15,16)5(17,18)6(19,20)7(21,22)8(23,24)9(25,26)10(27,28)11(29,30)31(2,12)13/h3H,1-2H3. The van der Waals surface area contributed by atoms with Crippen LogP contribution >= 0.6 is 22.2 Å². The first-order valence-corrected chi connectivity index (χ1v) is 11.5. The summed E-state index contributed by atoms with van der Waals surface area (Å²) in [5, 5.41) is 0. The Bertz CT molecular complexity index is 665. The zero-order chi connectivity index (χ0) is 26.1. The van der Waals surface area contributed by atoms with Gasteiger partial charge in [-0.15, -0.1) is 22.2 Å². The normalized spacial score (nSPS) is 17.7. The minimum Gasteiger partial charge on any atom is -0.241 e. The van der Waals surface area contributed by atoms with Crippen molar-refractivity contribution in [2.45, 2.75) is 66.6 Å². The van der Waals surface area contributed by atoms with Crippen molar-refractivity contribution in [1.29, 1.82) is 0 Å². The van der Waals surface area contributed by atoms with Crippen LogP contribution in [0.15, 0.2) is 0 Å². The van der Waals surface area contributed by atoms with E-state index in [0.29, 0.717) is 0 Å². The smallest absolute Gasteiger partial charge is 0.241 e. The fraction of sp³-hybridized carbons (Fsp3) is 1.00. The van der Waals surface area contributed by atoms with Gasteiger partial charge >= 0.3 is 53.7 Å². The lowest BCUT2D eigenvalue weighted by Crippen LogP contribution is -2.76. The van der Waals surface area contributed by atoms with Gasteiger partial charge in [-0.1, -0.05) is 0 Å². The van der Waals surface area contributed by atoms with Gasteiger partial charge < -0.3 is 0 Å². The molecule has 0 N–H and O–H groups in total. The van der Waals surface area contributed by atoms with Gasteiger partial charge in [0.1, 0.15) is 0 Å². The Hall–Kier alpha value is -0.393. The van der Waals surface area contributed by atoms with Crippen LogP contribution in [0.25, 0.3) is 0 Å². The van der Waals surface area contributed by atoms with E-state index in [0.717, 1.165) is 0 Å². The summed E-state index contributed by atoms with van der Waals surface area (Å²) >= 11 is 9.07. The van der Waals surface area contributed by atoms with E-state index in [4.69, 9.17) is 0 Å². The van der Waals surface area contributed by atoms with Crippen LogP contribution in [0.2, 0.25) is 6.55 Å². The highest BCUT2D eigenvalue weighted by atomic mass is 35.7. The Kier molecular flexibility index (Phi) is 7.47. The Balaban J connectivity index is 6.91. The summed E-state index contributed by atoms with van der Waals surface area (Å²) in [6.45, 7) is -7.07. The summed E-state index contributed by atoms with van der Waals surface area (Å²) in [6, 6.07) is 0. The fourth-order valence-corrected chi connectivity index (χ4v) is 3.14. The summed E-state index contributed by atoms with van der Waals surface area (Å²) < 4.78 is 226. The van der Waals surface area contributed by atoms with Crippen LogP contribution in [0.1, 0.15) is 6.92 Å².